The molecule has 0 saturated heterocycles. The third-order valence-electron chi connectivity index (χ3n) is 1.48. The summed E-state index contributed by atoms with van der Waals surface area (Å²) in [5.41, 5.74) is -0.358. The van der Waals surface area contributed by atoms with E-state index in [1.807, 2.05) is 13.8 Å². The van der Waals surface area contributed by atoms with E-state index in [4.69, 9.17) is 9.16 Å². The second kappa shape index (κ2) is 4.80. The first-order valence-electron chi connectivity index (χ1n) is 4.46. The molecule has 0 amide bonds. The molecule has 0 heterocycles. The maximum absolute atomic E-state index is 5.58. The Hall–Kier alpha value is -0.303. The molecule has 0 spiro atoms. The Morgan fingerprint density at radius 1 is 1.23 bits per heavy atom. The molecule has 76 valence electrons. The third kappa shape index (κ3) is 8.04. The predicted molar refractivity (Wildman–Crippen MR) is 58.2 cm³/mol. The highest BCUT2D eigenvalue weighted by atomic mass is 28.4. The molecule has 3 heteroatoms. The van der Waals surface area contributed by atoms with E-state index >= 15 is 0 Å². The fraction of sp³-hybridized carbons (Fsp3) is 0.800. The first-order valence-corrected chi connectivity index (χ1v) is 7.87. The van der Waals surface area contributed by atoms with Gasteiger partial charge in [0, 0.05) is 7.11 Å². The van der Waals surface area contributed by atoms with Crippen LogP contribution in [0.1, 0.15) is 13.8 Å². The van der Waals surface area contributed by atoms with Gasteiger partial charge in [0.15, 0.2) is 8.32 Å². The summed E-state index contributed by atoms with van der Waals surface area (Å²) >= 11 is 0. The highest BCUT2D eigenvalue weighted by Crippen LogP contribution is 2.05. The summed E-state index contributed by atoms with van der Waals surface area (Å²) in [6, 6.07) is 0. The monoisotopic (exact) mass is 200 g/mol. The quantitative estimate of drug-likeness (QED) is 0.514. The lowest BCUT2D eigenvalue weighted by Crippen LogP contribution is -2.25. The molecule has 0 aliphatic heterocycles. The zero-order valence-electron chi connectivity index (χ0n) is 9.52. The Balaban J connectivity index is 3.88. The Bertz CT molecular complexity index is 205. The molecular formula is C10H20O2Si. The molecule has 0 radical (unpaired) electrons. The van der Waals surface area contributed by atoms with Gasteiger partial charge in [-0.25, -0.2) is 0 Å². The molecule has 0 unspecified atom stereocenters. The number of rotatable bonds is 3. The smallest absolute Gasteiger partial charge is 0.185 e. The molecule has 0 aromatic rings. The molecule has 0 aromatic heterocycles. The van der Waals surface area contributed by atoms with Crippen molar-refractivity contribution < 1.29 is 9.16 Å². The minimum Gasteiger partial charge on any atom is -0.407 e. The first-order chi connectivity index (χ1) is 5.77. The Morgan fingerprint density at radius 2 is 1.77 bits per heavy atom. The van der Waals surface area contributed by atoms with Crippen molar-refractivity contribution in [3.05, 3.63) is 0 Å². The maximum Gasteiger partial charge on any atom is 0.185 e. The van der Waals surface area contributed by atoms with Crippen molar-refractivity contribution in [2.75, 3.05) is 13.7 Å². The molecule has 2 nitrogen and oxygen atoms in total. The highest BCUT2D eigenvalue weighted by molar-refractivity contribution is 6.69. The van der Waals surface area contributed by atoms with Gasteiger partial charge in [-0.15, -0.1) is 0 Å². The maximum atomic E-state index is 5.58. The van der Waals surface area contributed by atoms with Gasteiger partial charge in [0.1, 0.15) is 5.60 Å². The minimum atomic E-state index is -1.41. The lowest BCUT2D eigenvalue weighted by Gasteiger charge is -2.16. The van der Waals surface area contributed by atoms with Gasteiger partial charge in [-0.3, -0.25) is 0 Å². The van der Waals surface area contributed by atoms with Gasteiger partial charge < -0.3 is 9.16 Å². The SMILES string of the molecule is COC(C)(C)C#CCO[Si](C)(C)C. The molecule has 13 heavy (non-hydrogen) atoms. The van der Waals surface area contributed by atoms with Crippen molar-refractivity contribution in [2.45, 2.75) is 39.1 Å². The van der Waals surface area contributed by atoms with Crippen LogP contribution in [0.2, 0.25) is 19.6 Å². The molecule has 0 aliphatic rings. The Morgan fingerprint density at radius 3 is 2.15 bits per heavy atom. The highest BCUT2D eigenvalue weighted by Gasteiger charge is 2.13. The van der Waals surface area contributed by atoms with E-state index in [1.54, 1.807) is 7.11 Å². The zero-order chi connectivity index (χ0) is 10.5. The van der Waals surface area contributed by atoms with E-state index in [2.05, 4.69) is 31.5 Å². The fourth-order valence-electron chi connectivity index (χ4n) is 0.553. The van der Waals surface area contributed by atoms with E-state index in [-0.39, 0.29) is 5.60 Å². The van der Waals surface area contributed by atoms with Gasteiger partial charge in [-0.1, -0.05) is 11.8 Å². The Labute approximate surface area is 82.8 Å². The number of hydrogen-bond donors (Lipinski definition) is 0. The van der Waals surface area contributed by atoms with Crippen LogP contribution in [0.3, 0.4) is 0 Å². The van der Waals surface area contributed by atoms with Crippen LogP contribution in [-0.4, -0.2) is 27.6 Å². The first kappa shape index (κ1) is 12.7. The van der Waals surface area contributed by atoms with Gasteiger partial charge in [-0.05, 0) is 33.5 Å². The number of ether oxygens (including phenoxy) is 1. The summed E-state index contributed by atoms with van der Waals surface area (Å²) in [5, 5.41) is 0. The summed E-state index contributed by atoms with van der Waals surface area (Å²) < 4.78 is 10.7. The zero-order valence-corrected chi connectivity index (χ0v) is 10.5. The van der Waals surface area contributed by atoms with Crippen molar-refractivity contribution in [1.29, 1.82) is 0 Å². The molecule has 0 aliphatic carbocycles. The van der Waals surface area contributed by atoms with Gasteiger partial charge in [0.05, 0.1) is 6.61 Å². The molecule has 0 bridgehead atoms. The molecule has 0 fully saturated rings. The fourth-order valence-corrected chi connectivity index (χ4v) is 1.06. The van der Waals surface area contributed by atoms with E-state index in [0.29, 0.717) is 6.61 Å². The predicted octanol–water partition coefficient (Wildman–Crippen LogP) is 2.27. The van der Waals surface area contributed by atoms with Crippen LogP contribution in [0.25, 0.3) is 0 Å². The second-order valence-corrected chi connectivity index (χ2v) is 8.93. The summed E-state index contributed by atoms with van der Waals surface area (Å²) in [7, 11) is 0.254. The molecule has 0 atom stereocenters. The van der Waals surface area contributed by atoms with E-state index in [0.717, 1.165) is 0 Å². The molecule has 0 N–H and O–H groups in total. The van der Waals surface area contributed by atoms with Crippen LogP contribution < -0.4 is 0 Å². The van der Waals surface area contributed by atoms with Gasteiger partial charge in [-0.2, -0.15) is 0 Å². The summed E-state index contributed by atoms with van der Waals surface area (Å²) in [5.74, 6) is 5.98. The second-order valence-electron chi connectivity index (χ2n) is 4.42. The van der Waals surface area contributed by atoms with Crippen molar-refractivity contribution in [1.82, 2.24) is 0 Å². The van der Waals surface area contributed by atoms with Crippen LogP contribution in [0.15, 0.2) is 0 Å². The lowest BCUT2D eigenvalue weighted by molar-refractivity contribution is 0.0739. The van der Waals surface area contributed by atoms with Crippen LogP contribution in [0.5, 0.6) is 0 Å². The normalized spacial score (nSPS) is 12.2. The lowest BCUT2D eigenvalue weighted by atomic mass is 10.1. The average molecular weight is 200 g/mol. The molecule has 0 saturated carbocycles. The molecule has 0 rings (SSSR count). The third-order valence-corrected chi connectivity index (χ3v) is 2.49. The number of methoxy groups -OCH3 is 1. The van der Waals surface area contributed by atoms with Gasteiger partial charge >= 0.3 is 0 Å². The van der Waals surface area contributed by atoms with E-state index in [1.165, 1.54) is 0 Å². The summed E-state index contributed by atoms with van der Waals surface area (Å²) in [6.07, 6.45) is 0. The van der Waals surface area contributed by atoms with Crippen LogP contribution >= 0.6 is 0 Å². The average Bonchev–Trinajstić information content (AvgIpc) is 1.97. The molecule has 0 aromatic carbocycles. The molecular weight excluding hydrogens is 180 g/mol. The standard InChI is InChI=1S/C10H20O2Si/c1-10(2,11-3)8-7-9-12-13(4,5)6/h9H2,1-6H3. The van der Waals surface area contributed by atoms with Crippen LogP contribution in [0, 0.1) is 11.8 Å². The summed E-state index contributed by atoms with van der Waals surface area (Å²) in [4.78, 5) is 0. The van der Waals surface area contributed by atoms with Crippen LogP contribution in [0.4, 0.5) is 0 Å². The van der Waals surface area contributed by atoms with E-state index < -0.39 is 8.32 Å². The van der Waals surface area contributed by atoms with Crippen LogP contribution in [-0.2, 0) is 9.16 Å². The van der Waals surface area contributed by atoms with Crippen molar-refractivity contribution in [3.63, 3.8) is 0 Å². The van der Waals surface area contributed by atoms with Crippen molar-refractivity contribution >= 4 is 8.32 Å². The minimum absolute atomic E-state index is 0.358. The largest absolute Gasteiger partial charge is 0.407 e. The Kier molecular flexibility index (Phi) is 4.69. The summed E-state index contributed by atoms with van der Waals surface area (Å²) in [6.45, 7) is 10.8. The van der Waals surface area contributed by atoms with Crippen molar-refractivity contribution in [3.8, 4) is 11.8 Å². The van der Waals surface area contributed by atoms with Gasteiger partial charge in [0.25, 0.3) is 0 Å². The van der Waals surface area contributed by atoms with Gasteiger partial charge in [0.2, 0.25) is 0 Å². The van der Waals surface area contributed by atoms with E-state index in [9.17, 15) is 0 Å². The number of hydrogen-bond acceptors (Lipinski definition) is 2. The van der Waals surface area contributed by atoms with Crippen molar-refractivity contribution in [2.24, 2.45) is 0 Å². The topological polar surface area (TPSA) is 18.5 Å².